The standard InChI is InChI=1S/C15H24O/c1-2-11-15(12-7-6-10-14(15)16)13-8-4-3-5-9-13/h2,13H,1,3-12H2. The summed E-state index contributed by atoms with van der Waals surface area (Å²) in [5.41, 5.74) is 0.000417. The van der Waals surface area contributed by atoms with E-state index in [0.29, 0.717) is 11.7 Å². The number of hydrogen-bond donors (Lipinski definition) is 0. The highest BCUT2D eigenvalue weighted by Gasteiger charge is 2.44. The normalized spacial score (nSPS) is 32.6. The van der Waals surface area contributed by atoms with Crippen LogP contribution in [-0.2, 0) is 4.79 Å². The molecule has 0 aromatic carbocycles. The van der Waals surface area contributed by atoms with Gasteiger partial charge in [0.25, 0.3) is 0 Å². The molecule has 0 radical (unpaired) electrons. The molecule has 2 saturated carbocycles. The van der Waals surface area contributed by atoms with Gasteiger partial charge in [-0.2, -0.15) is 0 Å². The van der Waals surface area contributed by atoms with Crippen LogP contribution in [0.5, 0.6) is 0 Å². The molecule has 0 aromatic rings. The van der Waals surface area contributed by atoms with E-state index < -0.39 is 0 Å². The van der Waals surface area contributed by atoms with Gasteiger partial charge in [-0.05, 0) is 38.0 Å². The summed E-state index contributed by atoms with van der Waals surface area (Å²) in [4.78, 5) is 12.4. The Bertz CT molecular complexity index is 263. The van der Waals surface area contributed by atoms with E-state index in [1.54, 1.807) is 0 Å². The van der Waals surface area contributed by atoms with Crippen molar-refractivity contribution in [3.8, 4) is 0 Å². The van der Waals surface area contributed by atoms with Crippen LogP contribution in [0.2, 0.25) is 0 Å². The van der Waals surface area contributed by atoms with Gasteiger partial charge in [0.1, 0.15) is 5.78 Å². The monoisotopic (exact) mass is 220 g/mol. The fraction of sp³-hybridized carbons (Fsp3) is 0.800. The first-order chi connectivity index (χ1) is 7.79. The third kappa shape index (κ3) is 2.09. The van der Waals surface area contributed by atoms with Crippen LogP contribution in [-0.4, -0.2) is 5.78 Å². The molecule has 2 aliphatic rings. The van der Waals surface area contributed by atoms with Crippen molar-refractivity contribution < 1.29 is 4.79 Å². The van der Waals surface area contributed by atoms with Gasteiger partial charge in [0.05, 0.1) is 0 Å². The number of allylic oxidation sites excluding steroid dienone is 1. The van der Waals surface area contributed by atoms with Gasteiger partial charge in [0, 0.05) is 11.8 Å². The van der Waals surface area contributed by atoms with Gasteiger partial charge in [-0.25, -0.2) is 0 Å². The molecule has 0 N–H and O–H groups in total. The van der Waals surface area contributed by atoms with E-state index in [1.807, 2.05) is 6.08 Å². The maximum atomic E-state index is 12.4. The predicted molar refractivity (Wildman–Crippen MR) is 67.3 cm³/mol. The molecule has 2 rings (SSSR count). The Morgan fingerprint density at radius 2 is 1.94 bits per heavy atom. The van der Waals surface area contributed by atoms with Crippen molar-refractivity contribution in [3.05, 3.63) is 12.7 Å². The molecule has 0 saturated heterocycles. The largest absolute Gasteiger partial charge is 0.299 e. The van der Waals surface area contributed by atoms with Crippen LogP contribution in [0.4, 0.5) is 0 Å². The Labute approximate surface area is 99.3 Å². The lowest BCUT2D eigenvalue weighted by Gasteiger charge is -2.43. The maximum Gasteiger partial charge on any atom is 0.139 e. The first-order valence-electron chi connectivity index (χ1n) is 6.94. The zero-order chi connectivity index (χ0) is 11.4. The molecule has 16 heavy (non-hydrogen) atoms. The topological polar surface area (TPSA) is 17.1 Å². The summed E-state index contributed by atoms with van der Waals surface area (Å²) in [7, 11) is 0. The van der Waals surface area contributed by atoms with Crippen LogP contribution in [0.15, 0.2) is 12.7 Å². The summed E-state index contributed by atoms with van der Waals surface area (Å²) in [5, 5.41) is 0. The quantitative estimate of drug-likeness (QED) is 0.649. The minimum atomic E-state index is 0.000417. The molecule has 1 atom stereocenters. The Morgan fingerprint density at radius 3 is 2.56 bits per heavy atom. The molecule has 2 fully saturated rings. The average Bonchev–Trinajstić information content (AvgIpc) is 2.34. The highest BCUT2D eigenvalue weighted by Crippen LogP contribution is 2.48. The third-order valence-corrected chi connectivity index (χ3v) is 4.73. The van der Waals surface area contributed by atoms with Crippen molar-refractivity contribution in [2.24, 2.45) is 11.3 Å². The number of carbonyl (C=O) groups is 1. The molecule has 1 unspecified atom stereocenters. The second-order valence-electron chi connectivity index (χ2n) is 5.61. The zero-order valence-corrected chi connectivity index (χ0v) is 10.3. The Kier molecular flexibility index (Phi) is 3.83. The van der Waals surface area contributed by atoms with E-state index in [4.69, 9.17) is 0 Å². The van der Waals surface area contributed by atoms with Crippen molar-refractivity contribution in [2.45, 2.75) is 64.2 Å². The van der Waals surface area contributed by atoms with E-state index >= 15 is 0 Å². The predicted octanol–water partition coefficient (Wildman–Crippen LogP) is 4.27. The van der Waals surface area contributed by atoms with Gasteiger partial charge in [0.15, 0.2) is 0 Å². The van der Waals surface area contributed by atoms with Crippen LogP contribution in [0.1, 0.15) is 64.2 Å². The van der Waals surface area contributed by atoms with E-state index in [-0.39, 0.29) is 5.41 Å². The highest BCUT2D eigenvalue weighted by atomic mass is 16.1. The van der Waals surface area contributed by atoms with E-state index in [0.717, 1.165) is 25.7 Å². The van der Waals surface area contributed by atoms with Crippen LogP contribution >= 0.6 is 0 Å². The number of ketones is 1. The summed E-state index contributed by atoms with van der Waals surface area (Å²) in [5.74, 6) is 1.21. The minimum Gasteiger partial charge on any atom is -0.299 e. The fourth-order valence-electron chi connectivity index (χ4n) is 3.84. The molecular weight excluding hydrogens is 196 g/mol. The Balaban J connectivity index is 2.17. The molecule has 1 nitrogen and oxygen atoms in total. The Hall–Kier alpha value is -0.590. The maximum absolute atomic E-state index is 12.4. The van der Waals surface area contributed by atoms with Gasteiger partial charge in [-0.3, -0.25) is 4.79 Å². The number of hydrogen-bond acceptors (Lipinski definition) is 1. The zero-order valence-electron chi connectivity index (χ0n) is 10.3. The second kappa shape index (κ2) is 5.16. The summed E-state index contributed by atoms with van der Waals surface area (Å²) < 4.78 is 0. The summed E-state index contributed by atoms with van der Waals surface area (Å²) in [6.07, 6.45) is 13.8. The fourth-order valence-corrected chi connectivity index (χ4v) is 3.84. The van der Waals surface area contributed by atoms with Crippen LogP contribution in [0, 0.1) is 11.3 Å². The van der Waals surface area contributed by atoms with Gasteiger partial charge in [0.2, 0.25) is 0 Å². The van der Waals surface area contributed by atoms with Crippen molar-refractivity contribution in [2.75, 3.05) is 0 Å². The SMILES string of the molecule is C=CCC1(C2CCCCC2)CCCCC1=O. The molecular formula is C15H24O. The third-order valence-electron chi connectivity index (χ3n) is 4.73. The molecule has 0 aromatic heterocycles. The molecule has 1 heteroatoms. The lowest BCUT2D eigenvalue weighted by molar-refractivity contribution is -0.135. The van der Waals surface area contributed by atoms with Gasteiger partial charge >= 0.3 is 0 Å². The summed E-state index contributed by atoms with van der Waals surface area (Å²) in [6.45, 7) is 3.88. The average molecular weight is 220 g/mol. The van der Waals surface area contributed by atoms with Crippen molar-refractivity contribution >= 4 is 5.78 Å². The van der Waals surface area contributed by atoms with Crippen molar-refractivity contribution in [1.82, 2.24) is 0 Å². The Morgan fingerprint density at radius 1 is 1.19 bits per heavy atom. The first kappa shape index (κ1) is 11.9. The van der Waals surface area contributed by atoms with Crippen molar-refractivity contribution in [3.63, 3.8) is 0 Å². The molecule has 0 spiro atoms. The number of carbonyl (C=O) groups excluding carboxylic acids is 1. The van der Waals surface area contributed by atoms with Gasteiger partial charge in [-0.1, -0.05) is 31.8 Å². The minimum absolute atomic E-state index is 0.000417. The molecule has 0 heterocycles. The lowest BCUT2D eigenvalue weighted by Crippen LogP contribution is -2.41. The van der Waals surface area contributed by atoms with Crippen LogP contribution in [0.25, 0.3) is 0 Å². The molecule has 0 bridgehead atoms. The molecule has 0 amide bonds. The van der Waals surface area contributed by atoms with E-state index in [1.165, 1.54) is 38.5 Å². The van der Waals surface area contributed by atoms with Crippen LogP contribution in [0.3, 0.4) is 0 Å². The van der Waals surface area contributed by atoms with E-state index in [2.05, 4.69) is 6.58 Å². The number of Topliss-reactive ketones (excluding diaryl/α,β-unsaturated/α-hetero) is 1. The first-order valence-corrected chi connectivity index (χ1v) is 6.94. The van der Waals surface area contributed by atoms with Gasteiger partial charge in [-0.15, -0.1) is 6.58 Å². The molecule has 90 valence electrons. The van der Waals surface area contributed by atoms with Crippen molar-refractivity contribution in [1.29, 1.82) is 0 Å². The molecule has 2 aliphatic carbocycles. The lowest BCUT2D eigenvalue weighted by atomic mass is 9.59. The van der Waals surface area contributed by atoms with E-state index in [9.17, 15) is 4.79 Å². The summed E-state index contributed by atoms with van der Waals surface area (Å²) >= 11 is 0. The summed E-state index contributed by atoms with van der Waals surface area (Å²) in [6, 6.07) is 0. The van der Waals surface area contributed by atoms with Crippen LogP contribution < -0.4 is 0 Å². The molecule has 0 aliphatic heterocycles. The highest BCUT2D eigenvalue weighted by molar-refractivity contribution is 5.86. The number of rotatable bonds is 3. The second-order valence-corrected chi connectivity index (χ2v) is 5.61. The smallest absolute Gasteiger partial charge is 0.139 e. The van der Waals surface area contributed by atoms with Gasteiger partial charge < -0.3 is 0 Å².